The van der Waals surface area contributed by atoms with E-state index in [-0.39, 0.29) is 17.8 Å². The second-order valence-electron chi connectivity index (χ2n) is 10.4. The Balaban J connectivity index is 1.76. The van der Waals surface area contributed by atoms with Crippen molar-refractivity contribution >= 4 is 17.8 Å². The zero-order chi connectivity index (χ0) is 27.9. The van der Waals surface area contributed by atoms with Crippen LogP contribution in [0.5, 0.6) is 5.75 Å². The van der Waals surface area contributed by atoms with E-state index in [4.69, 9.17) is 4.74 Å². The lowest BCUT2D eigenvalue weighted by Crippen LogP contribution is -2.73. The van der Waals surface area contributed by atoms with E-state index >= 15 is 0 Å². The summed E-state index contributed by atoms with van der Waals surface area (Å²) in [6.45, 7) is 9.71. The van der Waals surface area contributed by atoms with Crippen LogP contribution in [0.3, 0.4) is 0 Å². The number of imide groups is 1. The van der Waals surface area contributed by atoms with E-state index in [0.717, 1.165) is 23.1 Å². The highest BCUT2D eigenvalue weighted by Crippen LogP contribution is 2.46. The molecule has 0 saturated carbocycles. The molecule has 38 heavy (non-hydrogen) atoms. The molecule has 1 aliphatic rings. The van der Waals surface area contributed by atoms with Gasteiger partial charge in [0.25, 0.3) is 0 Å². The highest BCUT2D eigenvalue weighted by atomic mass is 16.5. The molecule has 0 spiro atoms. The number of aryl methyl sites for hydroxylation is 1. The van der Waals surface area contributed by atoms with Crippen molar-refractivity contribution in [2.75, 3.05) is 27.2 Å². The number of carbonyl (C=O) groups is 3. The molecule has 1 N–H and O–H groups in total. The number of hydrogen-bond acceptors (Lipinski definition) is 5. The molecule has 1 saturated heterocycles. The predicted molar refractivity (Wildman–Crippen MR) is 148 cm³/mol. The summed E-state index contributed by atoms with van der Waals surface area (Å²) in [6.07, 6.45) is 1.27. The Morgan fingerprint density at radius 2 is 1.58 bits per heavy atom. The summed E-state index contributed by atoms with van der Waals surface area (Å²) in [5.74, 6) is 0.355. The van der Waals surface area contributed by atoms with Gasteiger partial charge >= 0.3 is 6.03 Å². The first kappa shape index (κ1) is 29.2. The van der Waals surface area contributed by atoms with Crippen molar-refractivity contribution in [2.24, 2.45) is 5.41 Å². The molecule has 1 aliphatic heterocycles. The van der Waals surface area contributed by atoms with Gasteiger partial charge < -0.3 is 19.9 Å². The van der Waals surface area contributed by atoms with Gasteiger partial charge in [0, 0.05) is 19.6 Å². The van der Waals surface area contributed by atoms with Crippen LogP contribution in [-0.2, 0) is 22.7 Å². The van der Waals surface area contributed by atoms with Crippen LogP contribution < -0.4 is 10.1 Å². The quantitative estimate of drug-likeness (QED) is 0.414. The number of carbonyl (C=O) groups excluding carboxylic acids is 3. The average molecular weight is 523 g/mol. The van der Waals surface area contributed by atoms with Crippen LogP contribution in [0.1, 0.15) is 56.7 Å². The van der Waals surface area contributed by atoms with Gasteiger partial charge in [0.15, 0.2) is 6.23 Å². The van der Waals surface area contributed by atoms with Gasteiger partial charge in [0.1, 0.15) is 11.2 Å². The summed E-state index contributed by atoms with van der Waals surface area (Å²) in [7, 11) is 3.70. The number of nitrogens with zero attached hydrogens (tertiary/aromatic N) is 3. The van der Waals surface area contributed by atoms with Gasteiger partial charge in [-0.2, -0.15) is 0 Å². The molecule has 0 aromatic heterocycles. The third-order valence-corrected chi connectivity index (χ3v) is 7.20. The molecule has 2 aromatic carbocycles. The van der Waals surface area contributed by atoms with Crippen LogP contribution in [0.2, 0.25) is 0 Å². The minimum Gasteiger partial charge on any atom is -0.469 e. The highest BCUT2D eigenvalue weighted by Gasteiger charge is 2.63. The highest BCUT2D eigenvalue weighted by molar-refractivity contribution is 6.03. The Kier molecular flexibility index (Phi) is 9.91. The molecule has 0 radical (unpaired) electrons. The van der Waals surface area contributed by atoms with Crippen LogP contribution in [0, 0.1) is 12.3 Å². The third kappa shape index (κ3) is 6.54. The summed E-state index contributed by atoms with van der Waals surface area (Å²) >= 11 is 0. The Labute approximate surface area is 226 Å². The SMILES string of the molecule is CCCN(Cc1ccc(C)cc1)C(=O)N1C(=O)C(CC)(CC)C1Oc1ccc(CNC(=O)CN(C)C)cc1. The molecular weight excluding hydrogens is 480 g/mol. The van der Waals surface area contributed by atoms with Gasteiger partial charge in [-0.3, -0.25) is 9.59 Å². The fraction of sp³-hybridized carbons (Fsp3) is 0.500. The number of β-lactam (4-membered cyclic amide) rings is 1. The number of hydrogen-bond donors (Lipinski definition) is 1. The third-order valence-electron chi connectivity index (χ3n) is 7.20. The van der Waals surface area contributed by atoms with Gasteiger partial charge in [-0.15, -0.1) is 0 Å². The second-order valence-corrected chi connectivity index (χ2v) is 10.4. The van der Waals surface area contributed by atoms with Gasteiger partial charge in [-0.25, -0.2) is 9.69 Å². The van der Waals surface area contributed by atoms with E-state index < -0.39 is 11.6 Å². The van der Waals surface area contributed by atoms with Crippen molar-refractivity contribution in [2.45, 2.75) is 66.3 Å². The van der Waals surface area contributed by atoms with E-state index in [1.54, 1.807) is 4.90 Å². The predicted octanol–water partition coefficient (Wildman–Crippen LogP) is 4.56. The first-order chi connectivity index (χ1) is 18.1. The molecule has 1 fully saturated rings. The van der Waals surface area contributed by atoms with Gasteiger partial charge in [0.2, 0.25) is 11.8 Å². The Morgan fingerprint density at radius 3 is 2.13 bits per heavy atom. The smallest absolute Gasteiger partial charge is 0.330 e. The van der Waals surface area contributed by atoms with Crippen molar-refractivity contribution in [3.63, 3.8) is 0 Å². The molecular formula is C30H42N4O4. The van der Waals surface area contributed by atoms with Gasteiger partial charge in [-0.1, -0.05) is 62.7 Å². The first-order valence-corrected chi connectivity index (χ1v) is 13.5. The molecule has 8 nitrogen and oxygen atoms in total. The van der Waals surface area contributed by atoms with Gasteiger partial charge in [-0.05, 0) is 63.5 Å². The molecule has 4 amide bonds. The second kappa shape index (κ2) is 12.9. The van der Waals surface area contributed by atoms with Crippen LogP contribution in [0.4, 0.5) is 4.79 Å². The maximum atomic E-state index is 13.7. The number of urea groups is 1. The topological polar surface area (TPSA) is 82.2 Å². The average Bonchev–Trinajstić information content (AvgIpc) is 2.89. The Bertz CT molecular complexity index is 1090. The lowest BCUT2D eigenvalue weighted by molar-refractivity contribution is -0.192. The van der Waals surface area contributed by atoms with E-state index in [1.165, 1.54) is 4.90 Å². The van der Waals surface area contributed by atoms with Crippen LogP contribution in [0.25, 0.3) is 0 Å². The monoisotopic (exact) mass is 522 g/mol. The molecule has 0 aliphatic carbocycles. The molecule has 8 heteroatoms. The summed E-state index contributed by atoms with van der Waals surface area (Å²) in [5.41, 5.74) is 2.38. The van der Waals surface area contributed by atoms with Crippen LogP contribution in [-0.4, -0.2) is 66.0 Å². The fourth-order valence-electron chi connectivity index (χ4n) is 4.82. The molecule has 1 atom stereocenters. The van der Waals surface area contributed by atoms with Crippen molar-refractivity contribution in [1.82, 2.24) is 20.0 Å². The molecule has 1 unspecified atom stereocenters. The molecule has 2 aromatic rings. The molecule has 206 valence electrons. The Morgan fingerprint density at radius 1 is 0.974 bits per heavy atom. The van der Waals surface area contributed by atoms with Crippen molar-refractivity contribution in [1.29, 1.82) is 0 Å². The minimum absolute atomic E-state index is 0.0459. The zero-order valence-corrected chi connectivity index (χ0v) is 23.6. The van der Waals surface area contributed by atoms with E-state index in [0.29, 0.717) is 44.8 Å². The van der Waals surface area contributed by atoms with Crippen molar-refractivity contribution < 1.29 is 19.1 Å². The lowest BCUT2D eigenvalue weighted by atomic mass is 9.72. The fourth-order valence-corrected chi connectivity index (χ4v) is 4.82. The van der Waals surface area contributed by atoms with Crippen LogP contribution in [0.15, 0.2) is 48.5 Å². The largest absolute Gasteiger partial charge is 0.469 e. The zero-order valence-electron chi connectivity index (χ0n) is 23.6. The summed E-state index contributed by atoms with van der Waals surface area (Å²) < 4.78 is 6.34. The number of ether oxygens (including phenoxy) is 1. The number of likely N-dealkylation sites (N-methyl/N-ethyl adjacent to an activating group) is 1. The number of likely N-dealkylation sites (tertiary alicyclic amines) is 1. The van der Waals surface area contributed by atoms with E-state index in [1.807, 2.05) is 95.2 Å². The molecule has 1 heterocycles. The molecule has 3 rings (SSSR count). The minimum atomic E-state index is -0.740. The number of nitrogens with one attached hydrogen (secondary N) is 1. The summed E-state index contributed by atoms with van der Waals surface area (Å²) in [6, 6.07) is 15.2. The summed E-state index contributed by atoms with van der Waals surface area (Å²) in [5, 5.41) is 2.89. The summed E-state index contributed by atoms with van der Waals surface area (Å²) in [4.78, 5) is 43.9. The van der Waals surface area contributed by atoms with E-state index in [2.05, 4.69) is 5.32 Å². The van der Waals surface area contributed by atoms with Crippen molar-refractivity contribution in [3.05, 3.63) is 65.2 Å². The number of benzene rings is 2. The molecule has 0 bridgehead atoms. The normalized spacial score (nSPS) is 16.2. The van der Waals surface area contributed by atoms with E-state index in [9.17, 15) is 14.4 Å². The van der Waals surface area contributed by atoms with Gasteiger partial charge in [0.05, 0.1) is 6.54 Å². The number of amides is 4. The lowest BCUT2D eigenvalue weighted by Gasteiger charge is -2.54. The number of rotatable bonds is 12. The first-order valence-electron chi connectivity index (χ1n) is 13.5. The maximum absolute atomic E-state index is 13.7. The standard InChI is InChI=1S/C30H42N4O4/c1-7-18-33(20-24-12-10-22(4)11-13-24)29(37)34-27(36)30(8-2,9-3)28(34)38-25-16-14-23(15-17-25)19-31-26(35)21-32(5)6/h10-17,28H,7-9,18-21H2,1-6H3,(H,31,35). The van der Waals surface area contributed by atoms with Crippen molar-refractivity contribution in [3.8, 4) is 5.75 Å². The van der Waals surface area contributed by atoms with Crippen LogP contribution >= 0.6 is 0 Å². The maximum Gasteiger partial charge on any atom is 0.330 e. The Hall–Kier alpha value is -3.39.